The van der Waals surface area contributed by atoms with E-state index in [1.807, 2.05) is 0 Å². The second-order valence-electron chi connectivity index (χ2n) is 4.36. The standard InChI is InChI=1S/C12H18O4S2/c1-7(2)15-11(13)10(9-5-6-17-18-9)12(14)16-8(3)4/h7-8H,5-6H2,1-4H3. The summed E-state index contributed by atoms with van der Waals surface area (Å²) >= 11 is 0. The largest absolute Gasteiger partial charge is 0.459 e. The van der Waals surface area contributed by atoms with Crippen molar-refractivity contribution in [2.45, 2.75) is 46.3 Å². The van der Waals surface area contributed by atoms with Crippen LogP contribution in [0.15, 0.2) is 10.5 Å². The summed E-state index contributed by atoms with van der Waals surface area (Å²) in [6.45, 7) is 7.02. The number of allylic oxidation sites excluding steroid dienone is 1. The number of hydrogen-bond donors (Lipinski definition) is 0. The molecular formula is C12H18O4S2. The molecule has 0 unspecified atom stereocenters. The topological polar surface area (TPSA) is 52.6 Å². The zero-order chi connectivity index (χ0) is 13.7. The predicted molar refractivity (Wildman–Crippen MR) is 74.1 cm³/mol. The molecule has 18 heavy (non-hydrogen) atoms. The molecule has 4 nitrogen and oxygen atoms in total. The van der Waals surface area contributed by atoms with Crippen LogP contribution < -0.4 is 0 Å². The summed E-state index contributed by atoms with van der Waals surface area (Å²) in [5.74, 6) is -0.269. The van der Waals surface area contributed by atoms with Crippen molar-refractivity contribution < 1.29 is 19.1 Å². The minimum atomic E-state index is -0.583. The highest BCUT2D eigenvalue weighted by Gasteiger charge is 2.29. The van der Waals surface area contributed by atoms with Gasteiger partial charge in [-0.2, -0.15) is 0 Å². The monoisotopic (exact) mass is 290 g/mol. The van der Waals surface area contributed by atoms with Crippen molar-refractivity contribution in [3.63, 3.8) is 0 Å². The summed E-state index contributed by atoms with van der Waals surface area (Å²) in [5, 5.41) is 0. The predicted octanol–water partition coefficient (Wildman–Crippen LogP) is 2.93. The van der Waals surface area contributed by atoms with E-state index in [4.69, 9.17) is 9.47 Å². The van der Waals surface area contributed by atoms with E-state index in [1.54, 1.807) is 38.5 Å². The van der Waals surface area contributed by atoms with Gasteiger partial charge in [-0.1, -0.05) is 21.6 Å². The first-order valence-corrected chi connectivity index (χ1v) is 8.18. The van der Waals surface area contributed by atoms with Crippen LogP contribution in [-0.2, 0) is 19.1 Å². The van der Waals surface area contributed by atoms with Crippen LogP contribution >= 0.6 is 21.6 Å². The van der Waals surface area contributed by atoms with E-state index < -0.39 is 11.9 Å². The van der Waals surface area contributed by atoms with Gasteiger partial charge in [0, 0.05) is 10.7 Å². The second-order valence-corrected chi connectivity index (χ2v) is 6.87. The average Bonchev–Trinajstić information content (AvgIpc) is 2.68. The molecule has 0 bridgehead atoms. The molecule has 1 saturated heterocycles. The Labute approximate surface area is 115 Å². The lowest BCUT2D eigenvalue weighted by atomic mass is 10.2. The zero-order valence-electron chi connectivity index (χ0n) is 11.0. The van der Waals surface area contributed by atoms with Crippen LogP contribution in [-0.4, -0.2) is 29.9 Å². The molecule has 1 heterocycles. The molecule has 0 radical (unpaired) electrons. The molecule has 0 saturated carbocycles. The summed E-state index contributed by atoms with van der Waals surface area (Å²) in [7, 11) is 3.08. The Morgan fingerprint density at radius 2 is 1.56 bits per heavy atom. The lowest BCUT2D eigenvalue weighted by Crippen LogP contribution is -2.24. The number of hydrogen-bond acceptors (Lipinski definition) is 6. The molecule has 1 fully saturated rings. The fourth-order valence-corrected chi connectivity index (χ4v) is 3.82. The summed E-state index contributed by atoms with van der Waals surface area (Å²) < 4.78 is 10.2. The van der Waals surface area contributed by atoms with Gasteiger partial charge in [-0.25, -0.2) is 9.59 Å². The Kier molecular flexibility index (Phi) is 6.08. The van der Waals surface area contributed by atoms with Crippen molar-refractivity contribution in [3.8, 4) is 0 Å². The molecule has 102 valence electrons. The molecule has 0 N–H and O–H groups in total. The van der Waals surface area contributed by atoms with E-state index in [0.29, 0.717) is 6.42 Å². The minimum absolute atomic E-state index is 0.0624. The van der Waals surface area contributed by atoms with Gasteiger partial charge in [0.05, 0.1) is 12.2 Å². The highest BCUT2D eigenvalue weighted by molar-refractivity contribution is 8.78. The van der Waals surface area contributed by atoms with Crippen LogP contribution in [0.1, 0.15) is 34.1 Å². The van der Waals surface area contributed by atoms with Gasteiger partial charge in [-0.3, -0.25) is 0 Å². The van der Waals surface area contributed by atoms with E-state index in [-0.39, 0.29) is 17.8 Å². The molecule has 0 aliphatic carbocycles. The Morgan fingerprint density at radius 3 is 1.89 bits per heavy atom. The smallest absolute Gasteiger partial charge is 0.346 e. The zero-order valence-corrected chi connectivity index (χ0v) is 12.7. The fourth-order valence-electron chi connectivity index (χ4n) is 1.31. The summed E-state index contributed by atoms with van der Waals surface area (Å²) in [4.78, 5) is 24.7. The van der Waals surface area contributed by atoms with Crippen molar-refractivity contribution >= 4 is 33.5 Å². The van der Waals surface area contributed by atoms with Gasteiger partial charge >= 0.3 is 11.9 Å². The number of esters is 2. The molecule has 6 heteroatoms. The molecule has 1 aliphatic rings. The molecule has 1 aliphatic heterocycles. The van der Waals surface area contributed by atoms with Crippen LogP contribution in [0.3, 0.4) is 0 Å². The molecular weight excluding hydrogens is 272 g/mol. The van der Waals surface area contributed by atoms with Gasteiger partial charge in [0.25, 0.3) is 0 Å². The maximum absolute atomic E-state index is 12.0. The molecule has 0 aromatic rings. The summed E-state index contributed by atoms with van der Waals surface area (Å²) in [6.07, 6.45) is 0.212. The van der Waals surface area contributed by atoms with Crippen molar-refractivity contribution in [1.82, 2.24) is 0 Å². The lowest BCUT2D eigenvalue weighted by molar-refractivity contribution is -0.151. The van der Waals surface area contributed by atoms with Crippen molar-refractivity contribution in [2.75, 3.05) is 5.75 Å². The highest BCUT2D eigenvalue weighted by Crippen LogP contribution is 2.43. The maximum atomic E-state index is 12.0. The normalized spacial score (nSPS) is 15.1. The number of carbonyl (C=O) groups is 2. The fraction of sp³-hybridized carbons (Fsp3) is 0.667. The quantitative estimate of drug-likeness (QED) is 0.261. The van der Waals surface area contributed by atoms with E-state index in [9.17, 15) is 9.59 Å². The molecule has 0 atom stereocenters. The minimum Gasteiger partial charge on any atom is -0.459 e. The van der Waals surface area contributed by atoms with Crippen LogP contribution in [0.25, 0.3) is 0 Å². The van der Waals surface area contributed by atoms with Crippen LogP contribution in [0.2, 0.25) is 0 Å². The number of rotatable bonds is 4. The van der Waals surface area contributed by atoms with Crippen molar-refractivity contribution in [3.05, 3.63) is 10.5 Å². The van der Waals surface area contributed by atoms with Crippen LogP contribution in [0.4, 0.5) is 0 Å². The molecule has 1 rings (SSSR count). The molecule has 0 amide bonds. The van der Waals surface area contributed by atoms with Gasteiger partial charge in [-0.15, -0.1) is 0 Å². The third kappa shape index (κ3) is 4.57. The summed E-state index contributed by atoms with van der Waals surface area (Å²) in [6, 6.07) is 0. The van der Waals surface area contributed by atoms with E-state index in [0.717, 1.165) is 10.7 Å². The maximum Gasteiger partial charge on any atom is 0.346 e. The lowest BCUT2D eigenvalue weighted by Gasteiger charge is -2.14. The highest BCUT2D eigenvalue weighted by atomic mass is 33.1. The van der Waals surface area contributed by atoms with Gasteiger partial charge < -0.3 is 9.47 Å². The van der Waals surface area contributed by atoms with E-state index >= 15 is 0 Å². The first kappa shape index (κ1) is 15.4. The second kappa shape index (κ2) is 7.09. The first-order valence-electron chi connectivity index (χ1n) is 5.86. The number of ether oxygens (including phenoxy) is 2. The van der Waals surface area contributed by atoms with E-state index in [2.05, 4.69) is 0 Å². The van der Waals surface area contributed by atoms with Crippen LogP contribution in [0, 0.1) is 0 Å². The van der Waals surface area contributed by atoms with Crippen LogP contribution in [0.5, 0.6) is 0 Å². The Hall–Kier alpha value is -0.620. The third-order valence-electron chi connectivity index (χ3n) is 1.94. The SMILES string of the molecule is CC(C)OC(=O)C(C(=O)OC(C)C)=C1CCSS1. The van der Waals surface area contributed by atoms with Gasteiger partial charge in [0.1, 0.15) is 0 Å². The molecule has 0 aromatic heterocycles. The molecule has 0 aromatic carbocycles. The number of carbonyl (C=O) groups excluding carboxylic acids is 2. The van der Waals surface area contributed by atoms with Crippen molar-refractivity contribution in [1.29, 1.82) is 0 Å². The Balaban J connectivity index is 2.92. The van der Waals surface area contributed by atoms with Gasteiger partial charge in [0.2, 0.25) is 0 Å². The van der Waals surface area contributed by atoms with E-state index in [1.165, 1.54) is 10.8 Å². The first-order chi connectivity index (χ1) is 8.41. The van der Waals surface area contributed by atoms with Crippen molar-refractivity contribution in [2.24, 2.45) is 0 Å². The third-order valence-corrected chi connectivity index (χ3v) is 4.50. The van der Waals surface area contributed by atoms with Gasteiger partial charge in [-0.05, 0) is 34.1 Å². The average molecular weight is 290 g/mol. The Morgan fingerprint density at radius 1 is 1.06 bits per heavy atom. The molecule has 0 spiro atoms. The summed E-state index contributed by atoms with van der Waals surface area (Å²) in [5.41, 5.74) is 0.0624. The van der Waals surface area contributed by atoms with Gasteiger partial charge in [0.15, 0.2) is 5.57 Å². The Bertz CT molecular complexity index is 329.